The van der Waals surface area contributed by atoms with Crippen LogP contribution in [0.15, 0.2) is 28.9 Å². The molecule has 0 saturated heterocycles. The summed E-state index contributed by atoms with van der Waals surface area (Å²) < 4.78 is 1.01. The lowest BCUT2D eigenvalue weighted by atomic mass is 10.1. The smallest absolute Gasteiger partial charge is 0.133 e. The van der Waals surface area contributed by atoms with E-state index in [0.717, 1.165) is 35.5 Å². The van der Waals surface area contributed by atoms with Crippen LogP contribution in [-0.2, 0) is 6.54 Å². The van der Waals surface area contributed by atoms with Crippen molar-refractivity contribution in [2.75, 3.05) is 18.0 Å². The molecule has 1 rings (SSSR count). The van der Waals surface area contributed by atoms with Gasteiger partial charge in [-0.1, -0.05) is 12.2 Å². The zero-order valence-electron chi connectivity index (χ0n) is 13.3. The molecule has 0 fully saturated rings. The molecule has 0 amide bonds. The van der Waals surface area contributed by atoms with Gasteiger partial charge in [0.15, 0.2) is 0 Å². The van der Waals surface area contributed by atoms with E-state index in [2.05, 4.69) is 78.4 Å². The van der Waals surface area contributed by atoms with Crippen molar-refractivity contribution < 1.29 is 0 Å². The van der Waals surface area contributed by atoms with Crippen LogP contribution in [0.1, 0.15) is 40.2 Å². The van der Waals surface area contributed by atoms with E-state index in [1.165, 1.54) is 5.56 Å². The van der Waals surface area contributed by atoms with Crippen molar-refractivity contribution in [3.63, 3.8) is 0 Å². The van der Waals surface area contributed by atoms with Gasteiger partial charge in [0, 0.05) is 41.4 Å². The van der Waals surface area contributed by atoms with Crippen LogP contribution in [0.5, 0.6) is 0 Å². The third-order valence-corrected chi connectivity index (χ3v) is 3.29. The molecule has 20 heavy (non-hydrogen) atoms. The monoisotopic (exact) mass is 339 g/mol. The molecule has 0 atom stereocenters. The Morgan fingerprint density at radius 2 is 2.10 bits per heavy atom. The summed E-state index contributed by atoms with van der Waals surface area (Å²) in [6.45, 7) is 17.3. The van der Waals surface area contributed by atoms with Crippen LogP contribution in [0.4, 0.5) is 5.82 Å². The highest BCUT2D eigenvalue weighted by Crippen LogP contribution is 2.23. The summed E-state index contributed by atoms with van der Waals surface area (Å²) in [6, 6.07) is 2.14. The average molecular weight is 340 g/mol. The molecule has 0 aliphatic rings. The number of rotatable bonds is 6. The van der Waals surface area contributed by atoms with Crippen LogP contribution in [0.2, 0.25) is 0 Å². The van der Waals surface area contributed by atoms with Crippen LogP contribution >= 0.6 is 15.9 Å². The van der Waals surface area contributed by atoms with E-state index >= 15 is 0 Å². The molecular formula is C16H26BrN3. The fourth-order valence-corrected chi connectivity index (χ4v) is 2.29. The highest BCUT2D eigenvalue weighted by molar-refractivity contribution is 9.10. The van der Waals surface area contributed by atoms with Crippen molar-refractivity contribution in [3.05, 3.63) is 34.5 Å². The minimum atomic E-state index is 0.0883. The van der Waals surface area contributed by atoms with Gasteiger partial charge < -0.3 is 10.2 Å². The molecule has 1 aromatic rings. The second kappa shape index (κ2) is 7.23. The second-order valence-corrected chi connectivity index (χ2v) is 7.13. The maximum atomic E-state index is 4.60. The molecule has 0 radical (unpaired) electrons. The number of likely N-dealkylation sites (N-methyl/N-ethyl adjacent to an activating group) is 1. The van der Waals surface area contributed by atoms with E-state index in [1.807, 2.05) is 6.20 Å². The maximum Gasteiger partial charge on any atom is 0.133 e. The number of nitrogens with one attached hydrogen (secondary N) is 1. The first-order chi connectivity index (χ1) is 9.23. The van der Waals surface area contributed by atoms with Crippen molar-refractivity contribution in [1.29, 1.82) is 0 Å². The standard InChI is InChI=1S/C16H26BrN3/c1-7-20(11-12(2)3)15-13(8-14(17)10-18-15)9-19-16(4,5)6/h8,10,19H,2,7,9,11H2,1,3-6H3. The Balaban J connectivity index is 3.02. The lowest BCUT2D eigenvalue weighted by Crippen LogP contribution is -2.36. The lowest BCUT2D eigenvalue weighted by Gasteiger charge is -2.27. The van der Waals surface area contributed by atoms with E-state index in [9.17, 15) is 0 Å². The van der Waals surface area contributed by atoms with Gasteiger partial charge in [0.1, 0.15) is 5.82 Å². The predicted molar refractivity (Wildman–Crippen MR) is 91.2 cm³/mol. The molecule has 0 bridgehead atoms. The molecule has 1 N–H and O–H groups in total. The van der Waals surface area contributed by atoms with Crippen LogP contribution < -0.4 is 10.2 Å². The molecule has 1 heterocycles. The molecule has 0 aromatic carbocycles. The number of hydrogen-bond donors (Lipinski definition) is 1. The van der Waals surface area contributed by atoms with Crippen molar-refractivity contribution in [2.45, 2.75) is 46.7 Å². The summed E-state index contributed by atoms with van der Waals surface area (Å²) in [5.74, 6) is 1.04. The van der Waals surface area contributed by atoms with Gasteiger partial charge in [0.25, 0.3) is 0 Å². The predicted octanol–water partition coefficient (Wildman–Crippen LogP) is 4.13. The summed E-state index contributed by atoms with van der Waals surface area (Å²) >= 11 is 3.51. The molecule has 112 valence electrons. The minimum Gasteiger partial charge on any atom is -0.353 e. The van der Waals surface area contributed by atoms with Crippen LogP contribution in [-0.4, -0.2) is 23.6 Å². The summed E-state index contributed by atoms with van der Waals surface area (Å²) in [4.78, 5) is 6.86. The first-order valence-electron chi connectivity index (χ1n) is 7.01. The van der Waals surface area contributed by atoms with Crippen molar-refractivity contribution in [3.8, 4) is 0 Å². The second-order valence-electron chi connectivity index (χ2n) is 6.21. The molecule has 4 heteroatoms. The van der Waals surface area contributed by atoms with Gasteiger partial charge in [-0.3, -0.25) is 0 Å². The highest BCUT2D eigenvalue weighted by atomic mass is 79.9. The third-order valence-electron chi connectivity index (χ3n) is 2.86. The topological polar surface area (TPSA) is 28.2 Å². The SMILES string of the molecule is C=C(C)CN(CC)c1ncc(Br)cc1CNC(C)(C)C. The number of nitrogens with zero attached hydrogens (tertiary/aromatic N) is 2. The van der Waals surface area contributed by atoms with E-state index in [-0.39, 0.29) is 5.54 Å². The van der Waals surface area contributed by atoms with Crippen molar-refractivity contribution >= 4 is 21.7 Å². The van der Waals surface area contributed by atoms with Gasteiger partial charge in [-0.15, -0.1) is 0 Å². The minimum absolute atomic E-state index is 0.0883. The average Bonchev–Trinajstić information content (AvgIpc) is 2.33. The van der Waals surface area contributed by atoms with Gasteiger partial charge >= 0.3 is 0 Å². The molecule has 3 nitrogen and oxygen atoms in total. The Bertz CT molecular complexity index is 463. The van der Waals surface area contributed by atoms with Crippen LogP contribution in [0.3, 0.4) is 0 Å². The Morgan fingerprint density at radius 3 is 2.60 bits per heavy atom. The first-order valence-corrected chi connectivity index (χ1v) is 7.81. The largest absolute Gasteiger partial charge is 0.353 e. The molecule has 0 aliphatic heterocycles. The number of aromatic nitrogens is 1. The zero-order chi connectivity index (χ0) is 15.3. The highest BCUT2D eigenvalue weighted by Gasteiger charge is 2.15. The summed E-state index contributed by atoms with van der Waals surface area (Å²) in [7, 11) is 0. The normalized spacial score (nSPS) is 11.5. The van der Waals surface area contributed by atoms with Crippen molar-refractivity contribution in [2.24, 2.45) is 0 Å². The molecule has 0 saturated carbocycles. The Kier molecular flexibility index (Phi) is 6.21. The molecule has 0 aliphatic carbocycles. The first kappa shape index (κ1) is 17.2. The van der Waals surface area contributed by atoms with Gasteiger partial charge in [-0.2, -0.15) is 0 Å². The molecule has 0 unspecified atom stereocenters. The quantitative estimate of drug-likeness (QED) is 0.789. The van der Waals surface area contributed by atoms with Crippen LogP contribution in [0, 0.1) is 0 Å². The fraction of sp³-hybridized carbons (Fsp3) is 0.562. The lowest BCUT2D eigenvalue weighted by molar-refractivity contribution is 0.424. The molecule has 1 aromatic heterocycles. The number of halogens is 1. The fourth-order valence-electron chi connectivity index (χ4n) is 1.91. The van der Waals surface area contributed by atoms with Crippen LogP contribution in [0.25, 0.3) is 0 Å². The van der Waals surface area contributed by atoms with Gasteiger partial charge in [-0.25, -0.2) is 4.98 Å². The van der Waals surface area contributed by atoms with Gasteiger partial charge in [0.2, 0.25) is 0 Å². The van der Waals surface area contributed by atoms with E-state index < -0.39 is 0 Å². The van der Waals surface area contributed by atoms with Crippen molar-refractivity contribution in [1.82, 2.24) is 10.3 Å². The molecular weight excluding hydrogens is 314 g/mol. The van der Waals surface area contributed by atoms with Gasteiger partial charge in [-0.05, 0) is 56.6 Å². The summed E-state index contributed by atoms with van der Waals surface area (Å²) in [5.41, 5.74) is 2.44. The number of hydrogen-bond acceptors (Lipinski definition) is 3. The Hall–Kier alpha value is -0.870. The summed E-state index contributed by atoms with van der Waals surface area (Å²) in [5, 5.41) is 3.53. The van der Waals surface area contributed by atoms with Gasteiger partial charge in [0.05, 0.1) is 0 Å². The zero-order valence-corrected chi connectivity index (χ0v) is 14.8. The third kappa shape index (κ3) is 5.63. The van der Waals surface area contributed by atoms with E-state index in [1.54, 1.807) is 0 Å². The van der Waals surface area contributed by atoms with E-state index in [0.29, 0.717) is 0 Å². The maximum absolute atomic E-state index is 4.60. The Labute approximate surface area is 131 Å². The molecule has 0 spiro atoms. The summed E-state index contributed by atoms with van der Waals surface area (Å²) in [6.07, 6.45) is 1.86. The Morgan fingerprint density at radius 1 is 1.45 bits per heavy atom. The number of anilines is 1. The van der Waals surface area contributed by atoms with E-state index in [4.69, 9.17) is 0 Å². The number of pyridine rings is 1.